The van der Waals surface area contributed by atoms with Crippen molar-refractivity contribution in [3.05, 3.63) is 53.6 Å². The second kappa shape index (κ2) is 5.71. The van der Waals surface area contributed by atoms with Gasteiger partial charge in [-0.2, -0.15) is 0 Å². The van der Waals surface area contributed by atoms with E-state index < -0.39 is 11.8 Å². The van der Waals surface area contributed by atoms with Crippen LogP contribution in [0.5, 0.6) is 0 Å². The zero-order valence-electron chi connectivity index (χ0n) is 9.84. The van der Waals surface area contributed by atoms with E-state index in [1.807, 2.05) is 0 Å². The van der Waals surface area contributed by atoms with Gasteiger partial charge < -0.3 is 10.8 Å². The lowest BCUT2D eigenvalue weighted by Gasteiger charge is -2.03. The number of anilines is 1. The SMILES string of the molecule is Nc1ccc(SCc2ccc(C(=O)O)cn2)cc1F. The number of hydrogen-bond donors (Lipinski definition) is 2. The van der Waals surface area contributed by atoms with Crippen molar-refractivity contribution in [3.8, 4) is 0 Å². The van der Waals surface area contributed by atoms with Gasteiger partial charge in [-0.3, -0.25) is 4.98 Å². The van der Waals surface area contributed by atoms with Crippen molar-refractivity contribution in [3.63, 3.8) is 0 Å². The van der Waals surface area contributed by atoms with E-state index in [-0.39, 0.29) is 11.3 Å². The summed E-state index contributed by atoms with van der Waals surface area (Å²) in [4.78, 5) is 15.4. The lowest BCUT2D eigenvalue weighted by Crippen LogP contribution is -1.98. The lowest BCUT2D eigenvalue weighted by atomic mass is 10.2. The number of thioether (sulfide) groups is 1. The smallest absolute Gasteiger partial charge is 0.337 e. The van der Waals surface area contributed by atoms with Crippen molar-refractivity contribution in [2.45, 2.75) is 10.6 Å². The van der Waals surface area contributed by atoms with Gasteiger partial charge in [0, 0.05) is 16.8 Å². The number of carboxylic acid groups (broad SMARTS) is 1. The standard InChI is InChI=1S/C13H11FN2O2S/c14-11-5-10(3-4-12(11)15)19-7-9-2-1-8(6-16-9)13(17)18/h1-6H,7,15H2,(H,17,18). The molecule has 0 aliphatic heterocycles. The summed E-state index contributed by atoms with van der Waals surface area (Å²) in [5.74, 6) is -0.921. The summed E-state index contributed by atoms with van der Waals surface area (Å²) in [7, 11) is 0. The molecule has 1 aromatic heterocycles. The molecular formula is C13H11FN2O2S. The molecule has 0 saturated heterocycles. The Morgan fingerprint density at radius 1 is 1.37 bits per heavy atom. The molecule has 0 bridgehead atoms. The number of rotatable bonds is 4. The molecule has 2 aromatic rings. The fourth-order valence-corrected chi connectivity index (χ4v) is 2.23. The summed E-state index contributed by atoms with van der Waals surface area (Å²) in [5, 5.41) is 8.74. The molecule has 1 aromatic carbocycles. The Labute approximate surface area is 113 Å². The molecule has 0 aliphatic carbocycles. The minimum Gasteiger partial charge on any atom is -0.478 e. The molecule has 0 aliphatic rings. The molecule has 19 heavy (non-hydrogen) atoms. The molecule has 0 atom stereocenters. The number of hydrogen-bond acceptors (Lipinski definition) is 4. The van der Waals surface area contributed by atoms with Gasteiger partial charge in [0.1, 0.15) is 5.82 Å². The largest absolute Gasteiger partial charge is 0.478 e. The van der Waals surface area contributed by atoms with E-state index in [1.54, 1.807) is 12.1 Å². The van der Waals surface area contributed by atoms with Gasteiger partial charge >= 0.3 is 5.97 Å². The number of aromatic carboxylic acids is 1. The number of halogens is 1. The van der Waals surface area contributed by atoms with Crippen LogP contribution in [0.3, 0.4) is 0 Å². The second-order valence-electron chi connectivity index (χ2n) is 3.82. The predicted octanol–water partition coefficient (Wildman–Crippen LogP) is 2.79. The number of benzene rings is 1. The maximum atomic E-state index is 13.2. The van der Waals surface area contributed by atoms with Crippen LogP contribution in [0, 0.1) is 5.82 Å². The average molecular weight is 278 g/mol. The highest BCUT2D eigenvalue weighted by atomic mass is 32.2. The number of nitrogens with two attached hydrogens (primary N) is 1. The van der Waals surface area contributed by atoms with Crippen LogP contribution in [-0.4, -0.2) is 16.1 Å². The first-order chi connectivity index (χ1) is 9.06. The van der Waals surface area contributed by atoms with Crippen molar-refractivity contribution in [2.24, 2.45) is 0 Å². The highest BCUT2D eigenvalue weighted by molar-refractivity contribution is 7.98. The molecule has 0 saturated carbocycles. The molecule has 6 heteroatoms. The van der Waals surface area contributed by atoms with Gasteiger partial charge in [0.25, 0.3) is 0 Å². The molecule has 0 unspecified atom stereocenters. The van der Waals surface area contributed by atoms with Crippen LogP contribution < -0.4 is 5.73 Å². The van der Waals surface area contributed by atoms with Gasteiger partial charge in [0.15, 0.2) is 0 Å². The van der Waals surface area contributed by atoms with E-state index in [4.69, 9.17) is 10.8 Å². The molecular weight excluding hydrogens is 267 g/mol. The van der Waals surface area contributed by atoms with Crippen LogP contribution in [0.2, 0.25) is 0 Å². The first-order valence-electron chi connectivity index (χ1n) is 5.42. The molecule has 4 nitrogen and oxygen atoms in total. The molecule has 1 heterocycles. The van der Waals surface area contributed by atoms with Crippen LogP contribution in [-0.2, 0) is 5.75 Å². The summed E-state index contributed by atoms with van der Waals surface area (Å²) in [6, 6.07) is 7.75. The molecule has 0 radical (unpaired) electrons. The van der Waals surface area contributed by atoms with Gasteiger partial charge in [-0.25, -0.2) is 9.18 Å². The van der Waals surface area contributed by atoms with Gasteiger partial charge in [-0.1, -0.05) is 0 Å². The van der Waals surface area contributed by atoms with E-state index in [1.165, 1.54) is 36.2 Å². The molecule has 2 rings (SSSR count). The predicted molar refractivity (Wildman–Crippen MR) is 71.6 cm³/mol. The molecule has 98 valence electrons. The third-order valence-electron chi connectivity index (χ3n) is 2.43. The summed E-state index contributed by atoms with van der Waals surface area (Å²) >= 11 is 1.41. The number of pyridine rings is 1. The summed E-state index contributed by atoms with van der Waals surface area (Å²) in [6.45, 7) is 0. The van der Waals surface area contributed by atoms with E-state index in [0.29, 0.717) is 5.75 Å². The molecule has 0 spiro atoms. The summed E-state index contributed by atoms with van der Waals surface area (Å²) in [5.41, 5.74) is 6.38. The molecule has 0 amide bonds. The van der Waals surface area contributed by atoms with Gasteiger partial charge in [0.2, 0.25) is 0 Å². The third kappa shape index (κ3) is 3.45. The highest BCUT2D eigenvalue weighted by Gasteiger charge is 2.04. The Balaban J connectivity index is 2.01. The first-order valence-corrected chi connectivity index (χ1v) is 6.41. The van der Waals surface area contributed by atoms with E-state index in [9.17, 15) is 9.18 Å². The Morgan fingerprint density at radius 2 is 2.16 bits per heavy atom. The Bertz CT molecular complexity index is 602. The van der Waals surface area contributed by atoms with Crippen molar-refractivity contribution >= 4 is 23.4 Å². The highest BCUT2D eigenvalue weighted by Crippen LogP contribution is 2.24. The van der Waals surface area contributed by atoms with E-state index >= 15 is 0 Å². The zero-order valence-corrected chi connectivity index (χ0v) is 10.7. The normalized spacial score (nSPS) is 10.4. The number of carbonyl (C=O) groups is 1. The first kappa shape index (κ1) is 13.4. The third-order valence-corrected chi connectivity index (χ3v) is 3.46. The fraction of sp³-hybridized carbons (Fsp3) is 0.0769. The van der Waals surface area contributed by atoms with Crippen LogP contribution >= 0.6 is 11.8 Å². The van der Waals surface area contributed by atoms with Crippen LogP contribution in [0.4, 0.5) is 10.1 Å². The maximum absolute atomic E-state index is 13.2. The minimum absolute atomic E-state index is 0.119. The number of nitrogens with zero attached hydrogens (tertiary/aromatic N) is 1. The van der Waals surface area contributed by atoms with Crippen LogP contribution in [0.1, 0.15) is 16.1 Å². The topological polar surface area (TPSA) is 76.2 Å². The minimum atomic E-state index is -1.01. The average Bonchev–Trinajstić information content (AvgIpc) is 2.40. The molecule has 3 N–H and O–H groups in total. The van der Waals surface area contributed by atoms with Gasteiger partial charge in [0.05, 0.1) is 16.9 Å². The second-order valence-corrected chi connectivity index (χ2v) is 4.86. The monoisotopic (exact) mass is 278 g/mol. The zero-order chi connectivity index (χ0) is 13.8. The lowest BCUT2D eigenvalue weighted by molar-refractivity contribution is 0.0696. The fourth-order valence-electron chi connectivity index (χ4n) is 1.39. The van der Waals surface area contributed by atoms with E-state index in [0.717, 1.165) is 10.6 Å². The quantitative estimate of drug-likeness (QED) is 0.664. The van der Waals surface area contributed by atoms with Crippen molar-refractivity contribution in [1.82, 2.24) is 4.98 Å². The number of carboxylic acids is 1. The maximum Gasteiger partial charge on any atom is 0.337 e. The van der Waals surface area contributed by atoms with Crippen molar-refractivity contribution in [2.75, 3.05) is 5.73 Å². The van der Waals surface area contributed by atoms with Crippen LogP contribution in [0.15, 0.2) is 41.4 Å². The Morgan fingerprint density at radius 3 is 2.74 bits per heavy atom. The summed E-state index contributed by atoms with van der Waals surface area (Å²) < 4.78 is 13.2. The Hall–Kier alpha value is -2.08. The van der Waals surface area contributed by atoms with Crippen molar-refractivity contribution < 1.29 is 14.3 Å². The van der Waals surface area contributed by atoms with E-state index in [2.05, 4.69) is 4.98 Å². The molecule has 0 fully saturated rings. The van der Waals surface area contributed by atoms with Crippen molar-refractivity contribution in [1.29, 1.82) is 0 Å². The van der Waals surface area contributed by atoms with Gasteiger partial charge in [-0.15, -0.1) is 11.8 Å². The number of aromatic nitrogens is 1. The van der Waals surface area contributed by atoms with Crippen LogP contribution in [0.25, 0.3) is 0 Å². The summed E-state index contributed by atoms with van der Waals surface area (Å²) in [6.07, 6.45) is 1.31. The number of nitrogen functional groups attached to an aromatic ring is 1. The van der Waals surface area contributed by atoms with Gasteiger partial charge in [-0.05, 0) is 30.3 Å². The Kier molecular flexibility index (Phi) is 4.01.